The zero-order valence-corrected chi connectivity index (χ0v) is 10.1. The number of nitrogens with zero attached hydrogens (tertiary/aromatic N) is 1. The van der Waals surface area contributed by atoms with E-state index in [1.807, 2.05) is 20.8 Å². The molecule has 15 heavy (non-hydrogen) atoms. The van der Waals surface area contributed by atoms with Crippen molar-refractivity contribution in [1.29, 1.82) is 0 Å². The third-order valence-electron chi connectivity index (χ3n) is 3.53. The van der Waals surface area contributed by atoms with Gasteiger partial charge < -0.3 is 9.84 Å². The normalized spacial score (nSPS) is 34.4. The molecule has 3 nitrogen and oxygen atoms in total. The molecule has 3 heteroatoms. The van der Waals surface area contributed by atoms with Gasteiger partial charge in [-0.15, -0.1) is 0 Å². The molecule has 0 aromatic heterocycles. The van der Waals surface area contributed by atoms with Gasteiger partial charge in [0, 0.05) is 13.1 Å². The van der Waals surface area contributed by atoms with Crippen molar-refractivity contribution in [2.24, 2.45) is 11.8 Å². The van der Waals surface area contributed by atoms with Crippen molar-refractivity contribution in [3.8, 4) is 0 Å². The van der Waals surface area contributed by atoms with Crippen LogP contribution in [0.5, 0.6) is 0 Å². The van der Waals surface area contributed by atoms with Crippen molar-refractivity contribution < 1.29 is 9.84 Å². The van der Waals surface area contributed by atoms with Crippen molar-refractivity contribution in [2.45, 2.75) is 52.0 Å². The van der Waals surface area contributed by atoms with Gasteiger partial charge in [-0.1, -0.05) is 6.42 Å². The number of likely N-dealkylation sites (tertiary alicyclic amines) is 1. The fraction of sp³-hybridized carbons (Fsp3) is 1.00. The van der Waals surface area contributed by atoms with Crippen molar-refractivity contribution in [2.75, 3.05) is 13.1 Å². The molecule has 0 amide bonds. The summed E-state index contributed by atoms with van der Waals surface area (Å²) >= 11 is 0. The van der Waals surface area contributed by atoms with Gasteiger partial charge in [0.05, 0.1) is 5.60 Å². The van der Waals surface area contributed by atoms with Crippen LogP contribution in [-0.4, -0.2) is 35.1 Å². The summed E-state index contributed by atoms with van der Waals surface area (Å²) in [5.41, 5.74) is -0.267. The summed E-state index contributed by atoms with van der Waals surface area (Å²) in [5.74, 6) is 1.62. The minimum Gasteiger partial charge on any atom is -0.356 e. The van der Waals surface area contributed by atoms with E-state index in [4.69, 9.17) is 4.74 Å². The van der Waals surface area contributed by atoms with Gasteiger partial charge in [0.15, 0.2) is 0 Å². The smallest absolute Gasteiger partial charge is 0.216 e. The third-order valence-corrected chi connectivity index (χ3v) is 3.53. The van der Waals surface area contributed by atoms with E-state index in [0.29, 0.717) is 0 Å². The molecule has 1 saturated carbocycles. The molecule has 0 aromatic carbocycles. The lowest BCUT2D eigenvalue weighted by Gasteiger charge is -2.30. The zero-order valence-electron chi connectivity index (χ0n) is 10.1. The van der Waals surface area contributed by atoms with Gasteiger partial charge in [-0.05, 0) is 45.4 Å². The lowest BCUT2D eigenvalue weighted by Crippen LogP contribution is -2.40. The summed E-state index contributed by atoms with van der Waals surface area (Å²) in [6, 6.07) is 0. The van der Waals surface area contributed by atoms with E-state index in [1.54, 1.807) is 0 Å². The Balaban J connectivity index is 1.85. The summed E-state index contributed by atoms with van der Waals surface area (Å²) in [6.45, 7) is 7.97. The minimum absolute atomic E-state index is 0.267. The first kappa shape index (κ1) is 11.4. The second-order valence-corrected chi connectivity index (χ2v) is 5.96. The number of fused-ring (bicyclic) bond motifs is 1. The van der Waals surface area contributed by atoms with E-state index in [2.05, 4.69) is 4.90 Å². The molecular formula is C12H23NO2. The van der Waals surface area contributed by atoms with Crippen LogP contribution in [0.1, 0.15) is 40.0 Å². The first-order valence-electron chi connectivity index (χ1n) is 6.06. The zero-order chi connectivity index (χ0) is 11.1. The molecule has 0 bridgehead atoms. The van der Waals surface area contributed by atoms with Crippen molar-refractivity contribution in [1.82, 2.24) is 4.90 Å². The molecule has 0 aromatic rings. The quantitative estimate of drug-likeness (QED) is 0.710. The molecule has 1 N–H and O–H groups in total. The van der Waals surface area contributed by atoms with Crippen molar-refractivity contribution in [3.63, 3.8) is 0 Å². The number of aliphatic hydroxyl groups excluding tert-OH is 1. The van der Waals surface area contributed by atoms with Crippen LogP contribution in [0.3, 0.4) is 0 Å². The molecule has 88 valence electrons. The Bertz CT molecular complexity index is 212. The first-order valence-corrected chi connectivity index (χ1v) is 6.06. The van der Waals surface area contributed by atoms with E-state index in [1.165, 1.54) is 19.3 Å². The van der Waals surface area contributed by atoms with E-state index in [0.717, 1.165) is 24.9 Å². The molecule has 1 aliphatic heterocycles. The number of aliphatic hydroxyl groups is 1. The molecule has 1 aliphatic carbocycles. The maximum absolute atomic E-state index is 9.94. The number of hydrogen-bond acceptors (Lipinski definition) is 3. The average molecular weight is 213 g/mol. The van der Waals surface area contributed by atoms with E-state index < -0.39 is 6.41 Å². The predicted molar refractivity (Wildman–Crippen MR) is 59.2 cm³/mol. The fourth-order valence-corrected chi connectivity index (χ4v) is 2.84. The topological polar surface area (TPSA) is 32.7 Å². The second kappa shape index (κ2) is 4.04. The molecule has 3 unspecified atom stereocenters. The lowest BCUT2D eigenvalue weighted by atomic mass is 10.0. The highest BCUT2D eigenvalue weighted by molar-refractivity contribution is 4.88. The van der Waals surface area contributed by atoms with Crippen LogP contribution in [0.25, 0.3) is 0 Å². The highest BCUT2D eigenvalue weighted by atomic mass is 16.6. The molecule has 1 saturated heterocycles. The van der Waals surface area contributed by atoms with E-state index in [9.17, 15) is 5.11 Å². The number of hydrogen-bond donors (Lipinski definition) is 1. The van der Waals surface area contributed by atoms with Gasteiger partial charge >= 0.3 is 0 Å². The van der Waals surface area contributed by atoms with Crippen LogP contribution in [0, 0.1) is 11.8 Å². The third kappa shape index (κ3) is 2.71. The molecule has 0 spiro atoms. The van der Waals surface area contributed by atoms with Gasteiger partial charge in [0.25, 0.3) is 0 Å². The maximum Gasteiger partial charge on any atom is 0.216 e. The van der Waals surface area contributed by atoms with Crippen LogP contribution < -0.4 is 0 Å². The van der Waals surface area contributed by atoms with Gasteiger partial charge in [-0.3, -0.25) is 4.90 Å². The predicted octanol–water partition coefficient (Wildman–Crippen LogP) is 1.81. The Labute approximate surface area is 92.4 Å². The first-order chi connectivity index (χ1) is 6.96. The fourth-order valence-electron chi connectivity index (χ4n) is 2.84. The van der Waals surface area contributed by atoms with Crippen molar-refractivity contribution in [3.05, 3.63) is 0 Å². The molecular weight excluding hydrogens is 190 g/mol. The van der Waals surface area contributed by atoms with Crippen LogP contribution in [0.2, 0.25) is 0 Å². The molecule has 1 heterocycles. The van der Waals surface area contributed by atoms with Gasteiger partial charge in [0.1, 0.15) is 0 Å². The molecule has 3 atom stereocenters. The minimum atomic E-state index is -0.712. The average Bonchev–Trinajstić information content (AvgIpc) is 2.56. The molecule has 0 radical (unpaired) electrons. The molecule has 2 fully saturated rings. The van der Waals surface area contributed by atoms with Crippen LogP contribution in [-0.2, 0) is 4.74 Å². The van der Waals surface area contributed by atoms with E-state index in [-0.39, 0.29) is 5.60 Å². The van der Waals surface area contributed by atoms with Gasteiger partial charge in [-0.25, -0.2) is 0 Å². The Morgan fingerprint density at radius 3 is 2.20 bits per heavy atom. The summed E-state index contributed by atoms with van der Waals surface area (Å²) < 4.78 is 5.57. The van der Waals surface area contributed by atoms with Gasteiger partial charge in [-0.2, -0.15) is 0 Å². The summed E-state index contributed by atoms with van der Waals surface area (Å²) in [7, 11) is 0. The Hall–Kier alpha value is -0.120. The summed E-state index contributed by atoms with van der Waals surface area (Å²) in [5, 5.41) is 9.94. The monoisotopic (exact) mass is 213 g/mol. The second-order valence-electron chi connectivity index (χ2n) is 5.96. The Kier molecular flexibility index (Phi) is 3.06. The number of rotatable bonds is 2. The van der Waals surface area contributed by atoms with E-state index >= 15 is 0 Å². The Morgan fingerprint density at radius 1 is 1.20 bits per heavy atom. The molecule has 2 aliphatic rings. The lowest BCUT2D eigenvalue weighted by molar-refractivity contribution is -0.235. The van der Waals surface area contributed by atoms with Crippen LogP contribution in [0.4, 0.5) is 0 Å². The maximum atomic E-state index is 9.94. The summed E-state index contributed by atoms with van der Waals surface area (Å²) in [4.78, 5) is 2.08. The molecule has 2 rings (SSSR count). The highest BCUT2D eigenvalue weighted by Gasteiger charge is 2.39. The van der Waals surface area contributed by atoms with Gasteiger partial charge in [0.2, 0.25) is 6.41 Å². The summed E-state index contributed by atoms with van der Waals surface area (Å²) in [6.07, 6.45) is 3.34. The van der Waals surface area contributed by atoms with Crippen molar-refractivity contribution >= 4 is 0 Å². The standard InChI is InChI=1S/C12H23NO2/c1-12(2,3)15-11(14)13-7-9-5-4-6-10(9)8-13/h9-11,14H,4-8H2,1-3H3. The Morgan fingerprint density at radius 2 is 1.73 bits per heavy atom. The van der Waals surface area contributed by atoms with Crippen LogP contribution >= 0.6 is 0 Å². The highest BCUT2D eigenvalue weighted by Crippen LogP contribution is 2.38. The number of ether oxygens (including phenoxy) is 1. The van der Waals surface area contributed by atoms with Crippen LogP contribution in [0.15, 0.2) is 0 Å². The SMILES string of the molecule is CC(C)(C)OC(O)N1CC2CCCC2C1. The largest absolute Gasteiger partial charge is 0.356 e.